The van der Waals surface area contributed by atoms with E-state index in [1.165, 1.54) is 12.7 Å². The second-order valence-electron chi connectivity index (χ2n) is 6.31. The van der Waals surface area contributed by atoms with Crippen LogP contribution in [0.1, 0.15) is 17.3 Å². The first-order valence-corrected chi connectivity index (χ1v) is 9.18. The number of hydrogen-bond acceptors (Lipinski definition) is 7. The Bertz CT molecular complexity index is 920. The van der Waals surface area contributed by atoms with E-state index in [2.05, 4.69) is 25.0 Å². The molecular formula is C19H21N7O2. The van der Waals surface area contributed by atoms with Gasteiger partial charge in [0.05, 0.1) is 6.61 Å². The molecule has 0 spiro atoms. The zero-order valence-electron chi connectivity index (χ0n) is 15.6. The molecule has 3 aromatic rings. The molecular weight excluding hydrogens is 358 g/mol. The van der Waals surface area contributed by atoms with Crippen LogP contribution in [-0.2, 0) is 0 Å². The molecule has 0 unspecified atom stereocenters. The summed E-state index contributed by atoms with van der Waals surface area (Å²) < 4.78 is 7.03. The quantitative estimate of drug-likeness (QED) is 0.662. The third-order valence-corrected chi connectivity index (χ3v) is 4.59. The van der Waals surface area contributed by atoms with Crippen molar-refractivity contribution in [2.24, 2.45) is 0 Å². The summed E-state index contributed by atoms with van der Waals surface area (Å²) in [6.45, 7) is 5.22. The molecule has 1 aliphatic rings. The van der Waals surface area contributed by atoms with Crippen molar-refractivity contribution in [1.82, 2.24) is 29.6 Å². The fraction of sp³-hybridized carbons (Fsp3) is 0.316. The lowest BCUT2D eigenvalue weighted by molar-refractivity contribution is 0.0746. The van der Waals surface area contributed by atoms with Gasteiger partial charge in [0, 0.05) is 37.8 Å². The topological polar surface area (TPSA) is 89.3 Å². The Morgan fingerprint density at radius 2 is 1.79 bits per heavy atom. The van der Waals surface area contributed by atoms with Gasteiger partial charge in [-0.15, -0.1) is 0 Å². The van der Waals surface area contributed by atoms with Gasteiger partial charge in [-0.2, -0.15) is 5.10 Å². The van der Waals surface area contributed by atoms with Crippen LogP contribution < -0.4 is 9.64 Å². The molecule has 0 atom stereocenters. The summed E-state index contributed by atoms with van der Waals surface area (Å²) in [6, 6.07) is 9.17. The van der Waals surface area contributed by atoms with E-state index in [9.17, 15) is 4.79 Å². The molecule has 1 aromatic carbocycles. The number of carbonyl (C=O) groups excluding carboxylic acids is 1. The monoisotopic (exact) mass is 379 g/mol. The van der Waals surface area contributed by atoms with E-state index < -0.39 is 0 Å². The van der Waals surface area contributed by atoms with Gasteiger partial charge in [-0.25, -0.2) is 19.6 Å². The molecule has 0 radical (unpaired) electrons. The summed E-state index contributed by atoms with van der Waals surface area (Å²) in [5.41, 5.74) is 0.674. The number of rotatable bonds is 5. The summed E-state index contributed by atoms with van der Waals surface area (Å²) >= 11 is 0. The van der Waals surface area contributed by atoms with Gasteiger partial charge in [0.15, 0.2) is 5.82 Å². The second kappa shape index (κ2) is 8.03. The van der Waals surface area contributed by atoms with Gasteiger partial charge in [0.1, 0.15) is 30.5 Å². The summed E-state index contributed by atoms with van der Waals surface area (Å²) in [4.78, 5) is 29.3. The Morgan fingerprint density at radius 3 is 2.46 bits per heavy atom. The molecule has 9 nitrogen and oxygen atoms in total. The van der Waals surface area contributed by atoms with E-state index in [-0.39, 0.29) is 5.91 Å². The Kier molecular flexibility index (Phi) is 5.14. The number of nitrogens with zero attached hydrogens (tertiary/aromatic N) is 7. The molecule has 3 heterocycles. The lowest BCUT2D eigenvalue weighted by Gasteiger charge is -2.35. The highest BCUT2D eigenvalue weighted by Crippen LogP contribution is 2.18. The summed E-state index contributed by atoms with van der Waals surface area (Å²) in [5, 5.41) is 4.09. The van der Waals surface area contributed by atoms with Gasteiger partial charge in [-0.3, -0.25) is 4.79 Å². The molecule has 28 heavy (non-hydrogen) atoms. The molecule has 4 rings (SSSR count). The number of benzene rings is 1. The molecule has 1 amide bonds. The molecule has 0 saturated carbocycles. The van der Waals surface area contributed by atoms with E-state index in [0.717, 1.165) is 11.6 Å². The number of piperazine rings is 1. The van der Waals surface area contributed by atoms with Crippen molar-refractivity contribution in [3.05, 3.63) is 54.9 Å². The lowest BCUT2D eigenvalue weighted by atomic mass is 10.1. The largest absolute Gasteiger partial charge is 0.494 e. The molecule has 1 fully saturated rings. The zero-order chi connectivity index (χ0) is 19.3. The average molecular weight is 379 g/mol. The Hall–Kier alpha value is -3.49. The van der Waals surface area contributed by atoms with Crippen molar-refractivity contribution >= 4 is 11.7 Å². The fourth-order valence-corrected chi connectivity index (χ4v) is 3.14. The summed E-state index contributed by atoms with van der Waals surface area (Å²) in [5.74, 6) is 2.29. The first kappa shape index (κ1) is 17.9. The van der Waals surface area contributed by atoms with Crippen molar-refractivity contribution in [1.29, 1.82) is 0 Å². The SMILES string of the molecule is CCOc1ccc(C(=O)N2CCN(c3cc(-n4cncn4)ncn3)CC2)cc1. The van der Waals surface area contributed by atoms with E-state index in [1.54, 1.807) is 11.0 Å². The van der Waals surface area contributed by atoms with E-state index in [4.69, 9.17) is 4.74 Å². The number of aromatic nitrogens is 5. The normalized spacial score (nSPS) is 14.2. The van der Waals surface area contributed by atoms with Crippen LogP contribution in [0.25, 0.3) is 5.82 Å². The van der Waals surface area contributed by atoms with Crippen LogP contribution in [0.3, 0.4) is 0 Å². The maximum absolute atomic E-state index is 12.7. The number of anilines is 1. The second-order valence-corrected chi connectivity index (χ2v) is 6.31. The minimum atomic E-state index is 0.0358. The predicted octanol–water partition coefficient (Wildman–Crippen LogP) is 1.42. The smallest absolute Gasteiger partial charge is 0.253 e. The van der Waals surface area contributed by atoms with Gasteiger partial charge in [-0.05, 0) is 31.2 Å². The standard InChI is InChI=1S/C19H21N7O2/c1-2-28-16-5-3-15(4-6-16)19(27)25-9-7-24(8-10-25)17-11-18(22-13-21-17)26-14-20-12-23-26/h3-6,11-14H,2,7-10H2,1H3. The molecule has 144 valence electrons. The van der Waals surface area contributed by atoms with Crippen molar-refractivity contribution < 1.29 is 9.53 Å². The van der Waals surface area contributed by atoms with Crippen LogP contribution in [0.4, 0.5) is 5.82 Å². The van der Waals surface area contributed by atoms with Crippen LogP contribution >= 0.6 is 0 Å². The Morgan fingerprint density at radius 1 is 1.04 bits per heavy atom. The first-order valence-electron chi connectivity index (χ1n) is 9.18. The van der Waals surface area contributed by atoms with Crippen LogP contribution in [0.5, 0.6) is 5.75 Å². The van der Waals surface area contributed by atoms with Gasteiger partial charge < -0.3 is 14.5 Å². The van der Waals surface area contributed by atoms with Gasteiger partial charge >= 0.3 is 0 Å². The number of carbonyl (C=O) groups is 1. The lowest BCUT2D eigenvalue weighted by Crippen LogP contribution is -2.49. The van der Waals surface area contributed by atoms with E-state index in [1.807, 2.05) is 42.2 Å². The minimum absolute atomic E-state index is 0.0358. The highest BCUT2D eigenvalue weighted by Gasteiger charge is 2.23. The van der Waals surface area contributed by atoms with Crippen molar-refractivity contribution in [2.75, 3.05) is 37.7 Å². The molecule has 1 aliphatic heterocycles. The molecule has 2 aromatic heterocycles. The van der Waals surface area contributed by atoms with Crippen LogP contribution in [0.2, 0.25) is 0 Å². The average Bonchev–Trinajstić information content (AvgIpc) is 3.29. The minimum Gasteiger partial charge on any atom is -0.494 e. The first-order chi connectivity index (χ1) is 13.7. The van der Waals surface area contributed by atoms with Crippen LogP contribution in [0.15, 0.2) is 49.3 Å². The molecule has 9 heteroatoms. The fourth-order valence-electron chi connectivity index (χ4n) is 3.14. The number of ether oxygens (including phenoxy) is 1. The molecule has 1 saturated heterocycles. The maximum Gasteiger partial charge on any atom is 0.253 e. The predicted molar refractivity (Wildman–Crippen MR) is 103 cm³/mol. The third kappa shape index (κ3) is 3.78. The number of hydrogen-bond donors (Lipinski definition) is 0. The number of amides is 1. The van der Waals surface area contributed by atoms with E-state index >= 15 is 0 Å². The maximum atomic E-state index is 12.7. The molecule has 0 bridgehead atoms. The van der Waals surface area contributed by atoms with Crippen LogP contribution in [0, 0.1) is 0 Å². The molecule has 0 aliphatic carbocycles. The van der Waals surface area contributed by atoms with Crippen molar-refractivity contribution in [3.63, 3.8) is 0 Å². The van der Waals surface area contributed by atoms with Crippen LogP contribution in [-0.4, -0.2) is 68.3 Å². The highest BCUT2D eigenvalue weighted by atomic mass is 16.5. The van der Waals surface area contributed by atoms with Gasteiger partial charge in [0.2, 0.25) is 0 Å². The van der Waals surface area contributed by atoms with Gasteiger partial charge in [-0.1, -0.05) is 0 Å². The van der Waals surface area contributed by atoms with Gasteiger partial charge in [0.25, 0.3) is 5.91 Å². The molecule has 0 N–H and O–H groups in total. The van der Waals surface area contributed by atoms with E-state index in [0.29, 0.717) is 44.2 Å². The van der Waals surface area contributed by atoms with Crippen molar-refractivity contribution in [3.8, 4) is 11.6 Å². The highest BCUT2D eigenvalue weighted by molar-refractivity contribution is 5.94. The Balaban J connectivity index is 1.39. The summed E-state index contributed by atoms with van der Waals surface area (Å²) in [7, 11) is 0. The summed E-state index contributed by atoms with van der Waals surface area (Å²) in [6.07, 6.45) is 4.58. The third-order valence-electron chi connectivity index (χ3n) is 4.59. The van der Waals surface area contributed by atoms with Crippen molar-refractivity contribution in [2.45, 2.75) is 6.92 Å². The Labute approximate surface area is 162 Å². The zero-order valence-corrected chi connectivity index (χ0v) is 15.6.